The molecule has 0 bridgehead atoms. The molecule has 0 aliphatic carbocycles. The van der Waals surface area contributed by atoms with Crippen LogP contribution in [0.5, 0.6) is 0 Å². The van der Waals surface area contributed by atoms with Crippen molar-refractivity contribution in [1.29, 1.82) is 0 Å². The summed E-state index contributed by atoms with van der Waals surface area (Å²) in [5.74, 6) is 10.6. The van der Waals surface area contributed by atoms with E-state index in [1.54, 1.807) is 20.2 Å². The summed E-state index contributed by atoms with van der Waals surface area (Å²) in [7, 11) is 3.21. The molecule has 5 aromatic heterocycles. The van der Waals surface area contributed by atoms with Gasteiger partial charge in [0.25, 0.3) is 11.8 Å². The van der Waals surface area contributed by atoms with Crippen molar-refractivity contribution < 1.29 is 9.59 Å². The van der Waals surface area contributed by atoms with E-state index in [0.29, 0.717) is 46.7 Å². The maximum atomic E-state index is 12.5. The molecule has 0 fully saturated rings. The Morgan fingerprint density at radius 1 is 0.760 bits per heavy atom. The number of carbonyl (C=O) groups excluding carboxylic acids is 2. The van der Waals surface area contributed by atoms with Crippen molar-refractivity contribution >= 4 is 46.5 Å². The van der Waals surface area contributed by atoms with Gasteiger partial charge in [-0.1, -0.05) is 26.7 Å². The van der Waals surface area contributed by atoms with Crippen LogP contribution in [0.1, 0.15) is 71.6 Å². The summed E-state index contributed by atoms with van der Waals surface area (Å²) in [6.07, 6.45) is 8.38. The number of hydrazine groups is 2. The van der Waals surface area contributed by atoms with Gasteiger partial charge in [-0.25, -0.2) is 36.1 Å². The molecule has 0 radical (unpaired) electrons. The van der Waals surface area contributed by atoms with Crippen LogP contribution in [-0.2, 0) is 26.9 Å². The van der Waals surface area contributed by atoms with Gasteiger partial charge in [0.05, 0.1) is 23.8 Å². The molecule has 5 heterocycles. The van der Waals surface area contributed by atoms with E-state index in [1.165, 1.54) is 37.4 Å². The number of rotatable bonds is 14. The number of anilines is 2. The number of carbonyl (C=O) groups is 2. The summed E-state index contributed by atoms with van der Waals surface area (Å²) < 4.78 is 5.56. The van der Waals surface area contributed by atoms with Crippen molar-refractivity contribution in [1.82, 2.24) is 54.2 Å². The highest BCUT2D eigenvalue weighted by Crippen LogP contribution is 2.35. The summed E-state index contributed by atoms with van der Waals surface area (Å²) in [4.78, 5) is 33.1. The molecule has 22 nitrogen and oxygen atoms in total. The zero-order valence-corrected chi connectivity index (χ0v) is 28.0. The lowest BCUT2D eigenvalue weighted by molar-refractivity contribution is 0.0756. The molecule has 2 amide bonds. The number of azo groups is 2. The lowest BCUT2D eigenvalue weighted by Crippen LogP contribution is -2.43. The molecule has 0 aliphatic heterocycles. The van der Waals surface area contributed by atoms with Crippen molar-refractivity contribution in [2.24, 2.45) is 52.0 Å². The van der Waals surface area contributed by atoms with Gasteiger partial charge < -0.3 is 17.2 Å². The Balaban J connectivity index is 1.55. The zero-order chi connectivity index (χ0) is 36.1. The predicted molar refractivity (Wildman–Crippen MR) is 180 cm³/mol. The van der Waals surface area contributed by atoms with Crippen LogP contribution in [0.15, 0.2) is 45.2 Å². The number of nitrogens with two attached hydrogens (primary N) is 5. The lowest BCUT2D eigenvalue weighted by atomic mass is 10.2. The molecule has 0 saturated carbocycles. The Hall–Kier alpha value is -6.42. The summed E-state index contributed by atoms with van der Waals surface area (Å²) in [6.45, 7) is 4.09. The van der Waals surface area contributed by atoms with Gasteiger partial charge in [0.15, 0.2) is 46.3 Å². The number of hydrogen-bond acceptors (Lipinski definition) is 16. The van der Waals surface area contributed by atoms with Crippen LogP contribution in [0.4, 0.5) is 34.6 Å². The third-order valence-electron chi connectivity index (χ3n) is 7.57. The van der Waals surface area contributed by atoms with Crippen LogP contribution < -0.4 is 28.9 Å². The minimum Gasteiger partial charge on any atom is -0.382 e. The second-order valence-electron chi connectivity index (χ2n) is 11.1. The van der Waals surface area contributed by atoms with Crippen molar-refractivity contribution in [2.45, 2.75) is 52.4 Å². The third kappa shape index (κ3) is 6.91. The van der Waals surface area contributed by atoms with Crippen molar-refractivity contribution in [2.75, 3.05) is 11.5 Å². The summed E-state index contributed by atoms with van der Waals surface area (Å²) in [5.41, 5.74) is 20.5. The molecule has 10 N–H and O–H groups in total. The van der Waals surface area contributed by atoms with Crippen LogP contribution in [0.2, 0.25) is 0 Å². The maximum absolute atomic E-state index is 12.5. The molecule has 0 spiro atoms. The van der Waals surface area contributed by atoms with Crippen LogP contribution >= 0.6 is 0 Å². The van der Waals surface area contributed by atoms with Crippen molar-refractivity contribution in [3.05, 3.63) is 47.3 Å². The second kappa shape index (κ2) is 14.8. The number of aromatic nitrogens is 10. The average molecular weight is 687 g/mol. The maximum Gasteiger partial charge on any atom is 0.287 e. The Kier molecular flexibility index (Phi) is 10.3. The minimum absolute atomic E-state index is 0.0467. The van der Waals surface area contributed by atoms with Gasteiger partial charge in [-0.3, -0.25) is 9.59 Å². The first-order valence-electron chi connectivity index (χ1n) is 15.5. The van der Waals surface area contributed by atoms with E-state index in [2.05, 4.69) is 40.6 Å². The molecule has 0 saturated heterocycles. The summed E-state index contributed by atoms with van der Waals surface area (Å²) in [5, 5.41) is 35.2. The topological polar surface area (TPSA) is 314 Å². The molecule has 5 aromatic rings. The van der Waals surface area contributed by atoms with Gasteiger partial charge in [0.2, 0.25) is 0 Å². The number of aryl methyl sites for hydroxylation is 4. The molecule has 262 valence electrons. The van der Waals surface area contributed by atoms with E-state index >= 15 is 0 Å². The van der Waals surface area contributed by atoms with Gasteiger partial charge in [0, 0.05) is 20.2 Å². The molecule has 0 unspecified atom stereocenters. The molecule has 0 atom stereocenters. The Morgan fingerprint density at radius 2 is 1.22 bits per heavy atom. The average Bonchev–Trinajstić information content (AvgIpc) is 3.83. The normalized spacial score (nSPS) is 11.7. The fourth-order valence-corrected chi connectivity index (χ4v) is 4.86. The van der Waals surface area contributed by atoms with E-state index < -0.39 is 11.8 Å². The Morgan fingerprint density at radius 3 is 1.66 bits per heavy atom. The van der Waals surface area contributed by atoms with Gasteiger partial charge in [0.1, 0.15) is 17.5 Å². The van der Waals surface area contributed by atoms with Gasteiger partial charge in [-0.2, -0.15) is 29.8 Å². The van der Waals surface area contributed by atoms with Gasteiger partial charge in [-0.05, 0) is 25.7 Å². The molecule has 5 rings (SSSR count). The van der Waals surface area contributed by atoms with Crippen LogP contribution in [0.3, 0.4) is 0 Å². The van der Waals surface area contributed by atoms with E-state index in [4.69, 9.17) is 39.1 Å². The molecule has 50 heavy (non-hydrogen) atoms. The highest BCUT2D eigenvalue weighted by Gasteiger charge is 2.23. The molecular formula is C28H38N20O2. The number of amides is 2. The van der Waals surface area contributed by atoms with Crippen LogP contribution in [0.25, 0.3) is 11.6 Å². The zero-order valence-electron chi connectivity index (χ0n) is 28.0. The largest absolute Gasteiger partial charge is 0.382 e. The number of nitrogen functional groups attached to an aromatic ring is 2. The number of nitrogens with zero attached hydrogens (tertiary/aromatic N) is 15. The first-order chi connectivity index (χ1) is 24.0. The number of hydrogen-bond donors (Lipinski definition) is 5. The Bertz CT molecular complexity index is 2080. The summed E-state index contributed by atoms with van der Waals surface area (Å²) in [6, 6.07) is 1.60. The summed E-state index contributed by atoms with van der Waals surface area (Å²) >= 11 is 0. The smallest absolute Gasteiger partial charge is 0.287 e. The molecule has 22 heteroatoms. The fourth-order valence-electron chi connectivity index (χ4n) is 4.86. The highest BCUT2D eigenvalue weighted by atomic mass is 16.2. The molecule has 0 aliphatic rings. The van der Waals surface area contributed by atoms with Gasteiger partial charge in [-0.15, -0.1) is 20.5 Å². The van der Waals surface area contributed by atoms with Crippen LogP contribution in [-0.4, -0.2) is 66.0 Å². The van der Waals surface area contributed by atoms with Crippen LogP contribution in [0, 0.1) is 0 Å². The quantitative estimate of drug-likeness (QED) is 0.0486. The molecule has 0 aromatic carbocycles. The van der Waals surface area contributed by atoms with Crippen molar-refractivity contribution in [3.8, 4) is 11.6 Å². The predicted octanol–water partition coefficient (Wildman–Crippen LogP) is 2.28. The molecular weight excluding hydrogens is 648 g/mol. The second-order valence-corrected chi connectivity index (χ2v) is 11.1. The number of unbranched alkanes of at least 4 members (excludes halogenated alkanes) is 2. The first kappa shape index (κ1) is 34.9. The Labute approximate surface area is 285 Å². The van der Waals surface area contributed by atoms with E-state index in [0.717, 1.165) is 25.7 Å². The van der Waals surface area contributed by atoms with Gasteiger partial charge >= 0.3 is 0 Å². The number of primary amides is 1. The standard InChI is InChI=1S/C28H38N20O2/c1-5-7-9-17-21(38-40-26-15(25(31)49)12-36-44(26)3)23(29)46(42-17)19-11-20(35-14-34-19)47-24(30)22(18(43-47)10-8-6-2)39-41-27-16(13-37-45(27)4)28(50)48(32)33/h11-14H,5-10,29-30,32-33H2,1-4H3,(H2,31,49). The lowest BCUT2D eigenvalue weighted by Gasteiger charge is -2.07. The minimum atomic E-state index is -0.705. The first-order valence-corrected chi connectivity index (χ1v) is 15.5. The highest BCUT2D eigenvalue weighted by molar-refractivity contribution is 5.97. The SMILES string of the molecule is CCCCc1nn(-c2cc(-n3nc(CCCC)c(N=Nc4c(C(=O)N(N)N)cnn4C)c3N)ncn2)c(N)c1N=Nc1c(C(N)=O)cnn1C. The monoisotopic (exact) mass is 686 g/mol. The third-order valence-corrected chi connectivity index (χ3v) is 7.57. The van der Waals surface area contributed by atoms with Crippen molar-refractivity contribution in [3.63, 3.8) is 0 Å². The van der Waals surface area contributed by atoms with E-state index in [-0.39, 0.29) is 40.1 Å². The van der Waals surface area contributed by atoms with E-state index in [1.807, 2.05) is 13.8 Å². The fraction of sp³-hybridized carbons (Fsp3) is 0.357. The van der Waals surface area contributed by atoms with E-state index in [9.17, 15) is 9.59 Å².